The highest BCUT2D eigenvalue weighted by Crippen LogP contribution is 2.29. The van der Waals surface area contributed by atoms with Crippen LogP contribution in [0.5, 0.6) is 0 Å². The van der Waals surface area contributed by atoms with E-state index >= 15 is 0 Å². The lowest BCUT2D eigenvalue weighted by Gasteiger charge is -2.35. The maximum atomic E-state index is 13.8. The van der Waals surface area contributed by atoms with Crippen LogP contribution in [0.3, 0.4) is 0 Å². The predicted molar refractivity (Wildman–Crippen MR) is 141 cm³/mol. The molecule has 4 aromatic rings. The lowest BCUT2D eigenvalue weighted by molar-refractivity contribution is 0.0653. The number of nitrogens with zero attached hydrogens (tertiary/aromatic N) is 5. The summed E-state index contributed by atoms with van der Waals surface area (Å²) in [4.78, 5) is 35.4. The van der Waals surface area contributed by atoms with Gasteiger partial charge in [0.15, 0.2) is 11.4 Å². The third kappa shape index (κ3) is 3.98. The van der Waals surface area contributed by atoms with Crippen molar-refractivity contribution in [2.45, 2.75) is 25.9 Å². The average Bonchev–Trinajstić information content (AvgIpc) is 3.27. The van der Waals surface area contributed by atoms with Crippen LogP contribution >= 0.6 is 23.2 Å². The normalized spacial score (nSPS) is 15.2. The summed E-state index contributed by atoms with van der Waals surface area (Å²) in [6, 6.07) is 10.1. The van der Waals surface area contributed by atoms with Crippen LogP contribution in [0.2, 0.25) is 10.0 Å². The van der Waals surface area contributed by atoms with Gasteiger partial charge in [0.05, 0.1) is 33.4 Å². The standard InChI is InChI=1S/C25H24Cl2N6O3/c1-13-9-17-20(12-32(13)23(34)14-5-8-18(26)19(27)10-14)29-25(31(3)4)33(24(17)35)15-6-7-16-21(11-15)36-30-22(16)28-2/h5-8,10-11,13H,9,12H2,1-4H3,(H,28,30)/t13-/m1/s1. The molecule has 11 heteroatoms. The van der Waals surface area contributed by atoms with E-state index in [1.807, 2.05) is 33.2 Å². The Bertz CT molecular complexity index is 1560. The number of aromatic nitrogens is 3. The second-order valence-corrected chi connectivity index (χ2v) is 9.76. The van der Waals surface area contributed by atoms with E-state index < -0.39 is 0 Å². The lowest BCUT2D eigenvalue weighted by Crippen LogP contribution is -2.46. The van der Waals surface area contributed by atoms with Gasteiger partial charge in [-0.05, 0) is 43.7 Å². The van der Waals surface area contributed by atoms with E-state index in [9.17, 15) is 9.59 Å². The number of amides is 1. The zero-order valence-electron chi connectivity index (χ0n) is 20.2. The van der Waals surface area contributed by atoms with Gasteiger partial charge < -0.3 is 19.6 Å². The van der Waals surface area contributed by atoms with Crippen molar-refractivity contribution < 1.29 is 9.32 Å². The molecule has 0 spiro atoms. The Kier molecular flexibility index (Phi) is 6.13. The molecule has 36 heavy (non-hydrogen) atoms. The monoisotopic (exact) mass is 526 g/mol. The van der Waals surface area contributed by atoms with Crippen molar-refractivity contribution in [1.82, 2.24) is 19.6 Å². The minimum Gasteiger partial charge on any atom is -0.370 e. The van der Waals surface area contributed by atoms with Crippen LogP contribution in [0, 0.1) is 0 Å². The van der Waals surface area contributed by atoms with Crippen molar-refractivity contribution in [2.75, 3.05) is 31.4 Å². The Hall–Kier alpha value is -3.56. The first-order chi connectivity index (χ1) is 17.2. The van der Waals surface area contributed by atoms with Gasteiger partial charge in [0.1, 0.15) is 0 Å². The van der Waals surface area contributed by atoms with E-state index in [4.69, 9.17) is 32.7 Å². The summed E-state index contributed by atoms with van der Waals surface area (Å²) in [7, 11) is 5.41. The third-order valence-corrected chi connectivity index (χ3v) is 7.11. The number of hydrogen-bond acceptors (Lipinski definition) is 7. The highest BCUT2D eigenvalue weighted by atomic mass is 35.5. The molecule has 5 rings (SSSR count). The molecule has 186 valence electrons. The average molecular weight is 527 g/mol. The Morgan fingerprint density at radius 3 is 2.64 bits per heavy atom. The summed E-state index contributed by atoms with van der Waals surface area (Å²) >= 11 is 12.1. The van der Waals surface area contributed by atoms with E-state index in [1.54, 1.807) is 45.7 Å². The summed E-state index contributed by atoms with van der Waals surface area (Å²) in [5.74, 6) is 0.879. The molecule has 2 aromatic carbocycles. The Labute approximate surface area is 217 Å². The summed E-state index contributed by atoms with van der Waals surface area (Å²) < 4.78 is 7.02. The zero-order valence-corrected chi connectivity index (χ0v) is 21.7. The maximum Gasteiger partial charge on any atom is 0.263 e. The topological polar surface area (TPSA) is 96.5 Å². The molecule has 9 nitrogen and oxygen atoms in total. The van der Waals surface area contributed by atoms with E-state index in [2.05, 4.69) is 10.5 Å². The van der Waals surface area contributed by atoms with Crippen LogP contribution in [0.1, 0.15) is 28.5 Å². The number of rotatable bonds is 4. The number of carbonyl (C=O) groups excluding carboxylic acids is 1. The zero-order chi connectivity index (χ0) is 25.7. The minimum atomic E-state index is -0.220. The van der Waals surface area contributed by atoms with E-state index in [0.717, 1.165) is 5.39 Å². The van der Waals surface area contributed by atoms with Crippen LogP contribution in [0.4, 0.5) is 11.8 Å². The van der Waals surface area contributed by atoms with Gasteiger partial charge in [-0.25, -0.2) is 9.55 Å². The lowest BCUT2D eigenvalue weighted by atomic mass is 9.98. The summed E-state index contributed by atoms with van der Waals surface area (Å²) in [6.45, 7) is 2.13. The van der Waals surface area contributed by atoms with Crippen molar-refractivity contribution in [2.24, 2.45) is 0 Å². The number of hydrogen-bond donors (Lipinski definition) is 1. The molecule has 0 radical (unpaired) electrons. The molecule has 1 atom stereocenters. The van der Waals surface area contributed by atoms with E-state index in [-0.39, 0.29) is 24.1 Å². The van der Waals surface area contributed by atoms with Gasteiger partial charge in [0.2, 0.25) is 5.95 Å². The summed E-state index contributed by atoms with van der Waals surface area (Å²) in [6.07, 6.45) is 0.371. The van der Waals surface area contributed by atoms with Gasteiger partial charge in [-0.3, -0.25) is 9.59 Å². The SMILES string of the molecule is CNc1noc2cc(-n3c(N(C)C)nc4c(c3=O)C[C@@H](C)N(C(=O)c3ccc(Cl)c(Cl)c3)C4)ccc12. The van der Waals surface area contributed by atoms with Crippen molar-refractivity contribution >= 4 is 51.8 Å². The highest BCUT2D eigenvalue weighted by Gasteiger charge is 2.32. The number of halogens is 2. The molecule has 0 saturated heterocycles. The maximum absolute atomic E-state index is 13.8. The van der Waals surface area contributed by atoms with Crippen LogP contribution in [-0.2, 0) is 13.0 Å². The predicted octanol–water partition coefficient (Wildman–Crippen LogP) is 4.38. The number of nitrogens with one attached hydrogen (secondary N) is 1. The minimum absolute atomic E-state index is 0.176. The first-order valence-electron chi connectivity index (χ1n) is 11.3. The molecule has 0 bridgehead atoms. The van der Waals surface area contributed by atoms with Crippen molar-refractivity contribution in [3.63, 3.8) is 0 Å². The quantitative estimate of drug-likeness (QED) is 0.421. The van der Waals surface area contributed by atoms with E-state index in [1.165, 1.54) is 0 Å². The molecule has 0 aliphatic carbocycles. The fourth-order valence-electron chi connectivity index (χ4n) is 4.49. The van der Waals surface area contributed by atoms with Crippen LogP contribution in [0.25, 0.3) is 16.7 Å². The Morgan fingerprint density at radius 2 is 1.94 bits per heavy atom. The fraction of sp³-hybridized carbons (Fsp3) is 0.280. The largest absolute Gasteiger partial charge is 0.370 e. The van der Waals surface area contributed by atoms with Gasteiger partial charge in [0.25, 0.3) is 11.5 Å². The molecule has 3 heterocycles. The van der Waals surface area contributed by atoms with Crippen molar-refractivity contribution in [3.05, 3.63) is 73.6 Å². The van der Waals surface area contributed by atoms with E-state index in [0.29, 0.717) is 56.3 Å². The molecule has 0 saturated carbocycles. The molecule has 2 aromatic heterocycles. The smallest absolute Gasteiger partial charge is 0.263 e. The number of fused-ring (bicyclic) bond motifs is 2. The number of anilines is 2. The molecule has 0 fully saturated rings. The molecule has 1 amide bonds. The fourth-order valence-corrected chi connectivity index (χ4v) is 4.79. The molecule has 1 N–H and O–H groups in total. The highest BCUT2D eigenvalue weighted by molar-refractivity contribution is 6.42. The van der Waals surface area contributed by atoms with Crippen LogP contribution in [0.15, 0.2) is 45.7 Å². The van der Waals surface area contributed by atoms with Crippen molar-refractivity contribution in [1.29, 1.82) is 0 Å². The number of benzene rings is 2. The summed E-state index contributed by atoms with van der Waals surface area (Å²) in [5, 5.41) is 8.52. The first kappa shape index (κ1) is 24.1. The molecule has 1 aliphatic rings. The van der Waals surface area contributed by atoms with Gasteiger partial charge >= 0.3 is 0 Å². The van der Waals surface area contributed by atoms with Gasteiger partial charge in [-0.15, -0.1) is 0 Å². The van der Waals surface area contributed by atoms with Gasteiger partial charge in [0, 0.05) is 44.4 Å². The second kappa shape index (κ2) is 9.15. The van der Waals surface area contributed by atoms with Crippen LogP contribution in [-0.4, -0.2) is 52.7 Å². The first-order valence-corrected chi connectivity index (χ1v) is 12.1. The second-order valence-electron chi connectivity index (χ2n) is 8.95. The molecular weight excluding hydrogens is 503 g/mol. The molecular formula is C25H24Cl2N6O3. The van der Waals surface area contributed by atoms with Crippen molar-refractivity contribution in [3.8, 4) is 5.69 Å². The molecule has 1 aliphatic heterocycles. The number of carbonyl (C=O) groups is 1. The summed E-state index contributed by atoms with van der Waals surface area (Å²) in [5.41, 5.74) is 2.59. The van der Waals surface area contributed by atoms with Gasteiger partial charge in [-0.2, -0.15) is 0 Å². The van der Waals surface area contributed by atoms with Gasteiger partial charge in [-0.1, -0.05) is 28.4 Å². The Morgan fingerprint density at radius 1 is 1.17 bits per heavy atom. The molecule has 0 unspecified atom stereocenters. The van der Waals surface area contributed by atoms with Crippen LogP contribution < -0.4 is 15.8 Å². The third-order valence-electron chi connectivity index (χ3n) is 6.37. The Balaban J connectivity index is 1.58.